The lowest BCUT2D eigenvalue weighted by Gasteiger charge is -2.38. The molecule has 4 rings (SSSR count). The molecule has 1 aliphatic rings. The molecule has 1 aliphatic heterocycles. The van der Waals surface area contributed by atoms with Gasteiger partial charge in [0.15, 0.2) is 0 Å². The maximum atomic E-state index is 14.0. The Bertz CT molecular complexity index is 1450. The zero-order valence-corrected chi connectivity index (χ0v) is 25.9. The van der Waals surface area contributed by atoms with Gasteiger partial charge in [0.05, 0.1) is 16.6 Å². The summed E-state index contributed by atoms with van der Waals surface area (Å²) >= 11 is 9.48. The zero-order valence-electron chi connectivity index (χ0n) is 23.6. The Morgan fingerprint density at radius 2 is 1.83 bits per heavy atom. The summed E-state index contributed by atoms with van der Waals surface area (Å²) in [5.41, 5.74) is 2.87. The fraction of sp³-hybridized carbons (Fsp3) is 0.312. The maximum absolute atomic E-state index is 14.0. The van der Waals surface area contributed by atoms with Crippen LogP contribution >= 0.6 is 27.5 Å². The number of rotatable bonds is 10. The standard InChI is InChI=1S/C32H34BrClFN3O3/c1-5-37(6-2)31(39)29-21(4)38(17-16-20(3)22-10-8-7-9-11-22)32(40)36-30(29)25-14-12-23(33)18-28(25)41-24-13-15-27(35)26(34)19-24/h7-15,18-20,30H,5-6,16-17H2,1-4H3,(H,36,40). The Kier molecular flexibility index (Phi) is 10.1. The molecule has 0 saturated carbocycles. The van der Waals surface area contributed by atoms with Gasteiger partial charge in [-0.15, -0.1) is 0 Å². The van der Waals surface area contributed by atoms with Crippen LogP contribution in [0.5, 0.6) is 11.5 Å². The van der Waals surface area contributed by atoms with E-state index in [1.807, 2.05) is 51.1 Å². The molecule has 2 unspecified atom stereocenters. The number of amides is 3. The molecule has 0 aliphatic carbocycles. The summed E-state index contributed by atoms with van der Waals surface area (Å²) in [5, 5.41) is 3.01. The molecule has 3 aromatic carbocycles. The van der Waals surface area contributed by atoms with Crippen LogP contribution in [0.3, 0.4) is 0 Å². The molecule has 216 valence electrons. The average molecular weight is 643 g/mol. The first-order valence-corrected chi connectivity index (χ1v) is 14.9. The summed E-state index contributed by atoms with van der Waals surface area (Å²) in [6.45, 7) is 9.32. The van der Waals surface area contributed by atoms with Crippen LogP contribution in [-0.4, -0.2) is 41.4 Å². The fourth-order valence-corrected chi connectivity index (χ4v) is 5.53. The predicted octanol–water partition coefficient (Wildman–Crippen LogP) is 8.44. The number of nitrogens with zero attached hydrogens (tertiary/aromatic N) is 2. The Hall–Kier alpha value is -3.36. The molecule has 0 radical (unpaired) electrons. The first-order chi connectivity index (χ1) is 19.6. The highest BCUT2D eigenvalue weighted by Crippen LogP contribution is 2.40. The second-order valence-corrected chi connectivity index (χ2v) is 11.3. The van der Waals surface area contributed by atoms with Gasteiger partial charge < -0.3 is 15.0 Å². The lowest BCUT2D eigenvalue weighted by molar-refractivity contribution is -0.127. The Morgan fingerprint density at radius 1 is 1.12 bits per heavy atom. The molecule has 3 aromatic rings. The molecule has 2 atom stereocenters. The van der Waals surface area contributed by atoms with E-state index in [1.54, 1.807) is 15.9 Å². The normalized spacial score (nSPS) is 15.9. The molecule has 1 N–H and O–H groups in total. The summed E-state index contributed by atoms with van der Waals surface area (Å²) in [6.07, 6.45) is 0.726. The van der Waals surface area contributed by atoms with Crippen LogP contribution in [0.1, 0.15) is 57.2 Å². The molecular weight excluding hydrogens is 609 g/mol. The minimum Gasteiger partial charge on any atom is -0.457 e. The summed E-state index contributed by atoms with van der Waals surface area (Å²) in [7, 11) is 0. The summed E-state index contributed by atoms with van der Waals surface area (Å²) in [4.78, 5) is 30.9. The van der Waals surface area contributed by atoms with Crippen molar-refractivity contribution in [1.29, 1.82) is 0 Å². The highest BCUT2D eigenvalue weighted by Gasteiger charge is 2.38. The number of carbonyl (C=O) groups excluding carboxylic acids is 2. The van der Waals surface area contributed by atoms with Crippen molar-refractivity contribution in [3.63, 3.8) is 0 Å². The number of halogens is 3. The topological polar surface area (TPSA) is 61.9 Å². The smallest absolute Gasteiger partial charge is 0.322 e. The number of urea groups is 1. The Balaban J connectivity index is 1.74. The van der Waals surface area contributed by atoms with E-state index in [-0.39, 0.29) is 22.9 Å². The third-order valence-electron chi connectivity index (χ3n) is 7.44. The zero-order chi connectivity index (χ0) is 29.7. The lowest BCUT2D eigenvalue weighted by atomic mass is 9.92. The van der Waals surface area contributed by atoms with Gasteiger partial charge in [-0.05, 0) is 62.9 Å². The first-order valence-electron chi connectivity index (χ1n) is 13.7. The van der Waals surface area contributed by atoms with Gasteiger partial charge in [0.25, 0.3) is 5.91 Å². The third-order valence-corrected chi connectivity index (χ3v) is 8.22. The van der Waals surface area contributed by atoms with Gasteiger partial charge >= 0.3 is 6.03 Å². The molecule has 0 spiro atoms. The fourth-order valence-electron chi connectivity index (χ4n) is 5.02. The summed E-state index contributed by atoms with van der Waals surface area (Å²) < 4.78 is 20.7. The molecule has 0 bridgehead atoms. The van der Waals surface area contributed by atoms with Crippen molar-refractivity contribution in [2.75, 3.05) is 19.6 Å². The molecule has 0 saturated heterocycles. The minimum atomic E-state index is -0.766. The van der Waals surface area contributed by atoms with E-state index < -0.39 is 11.9 Å². The number of nitrogens with one attached hydrogen (secondary N) is 1. The third kappa shape index (κ3) is 6.93. The van der Waals surface area contributed by atoms with Crippen LogP contribution in [-0.2, 0) is 4.79 Å². The second kappa shape index (κ2) is 13.5. The molecular formula is C32H34BrClFN3O3. The summed E-state index contributed by atoms with van der Waals surface area (Å²) in [5.74, 6) is 0.242. The maximum Gasteiger partial charge on any atom is 0.322 e. The van der Waals surface area contributed by atoms with Crippen LogP contribution in [0.25, 0.3) is 0 Å². The number of likely N-dealkylation sites (N-methyl/N-ethyl adjacent to an activating group) is 1. The lowest BCUT2D eigenvalue weighted by Crippen LogP contribution is -2.50. The van der Waals surface area contributed by atoms with Crippen LogP contribution < -0.4 is 10.1 Å². The number of allylic oxidation sites excluding steroid dienone is 1. The van der Waals surface area contributed by atoms with Crippen molar-refractivity contribution in [3.8, 4) is 11.5 Å². The van der Waals surface area contributed by atoms with E-state index in [2.05, 4.69) is 40.3 Å². The van der Waals surface area contributed by atoms with Gasteiger partial charge in [-0.2, -0.15) is 0 Å². The van der Waals surface area contributed by atoms with Crippen molar-refractivity contribution in [2.45, 2.75) is 46.1 Å². The molecule has 41 heavy (non-hydrogen) atoms. The van der Waals surface area contributed by atoms with Gasteiger partial charge in [0, 0.05) is 41.4 Å². The molecule has 3 amide bonds. The predicted molar refractivity (Wildman–Crippen MR) is 164 cm³/mol. The van der Waals surface area contributed by atoms with E-state index >= 15 is 0 Å². The quantitative estimate of drug-likeness (QED) is 0.242. The number of benzene rings is 3. The van der Waals surface area contributed by atoms with Crippen molar-refractivity contribution in [1.82, 2.24) is 15.1 Å². The number of carbonyl (C=O) groups is 2. The van der Waals surface area contributed by atoms with E-state index in [1.165, 1.54) is 23.8 Å². The van der Waals surface area contributed by atoms with E-state index in [0.29, 0.717) is 48.0 Å². The van der Waals surface area contributed by atoms with E-state index in [0.717, 1.165) is 10.9 Å². The van der Waals surface area contributed by atoms with Gasteiger partial charge in [0.2, 0.25) is 0 Å². The SMILES string of the molecule is CCN(CC)C(=O)C1=C(C)N(CCC(C)c2ccccc2)C(=O)NC1c1ccc(Br)cc1Oc1ccc(F)c(Cl)c1. The van der Waals surface area contributed by atoms with Crippen molar-refractivity contribution in [3.05, 3.63) is 104 Å². The van der Waals surface area contributed by atoms with Gasteiger partial charge in [-0.25, -0.2) is 9.18 Å². The summed E-state index contributed by atoms with van der Waals surface area (Å²) in [6, 6.07) is 18.6. The molecule has 1 heterocycles. The first kappa shape index (κ1) is 30.6. The molecule has 6 nitrogen and oxygen atoms in total. The number of hydrogen-bond acceptors (Lipinski definition) is 3. The van der Waals surface area contributed by atoms with Gasteiger partial charge in [-0.3, -0.25) is 9.69 Å². The number of ether oxygens (including phenoxy) is 1. The number of hydrogen-bond donors (Lipinski definition) is 1. The van der Waals surface area contributed by atoms with E-state index in [4.69, 9.17) is 16.3 Å². The Labute approximate surface area is 254 Å². The monoisotopic (exact) mass is 641 g/mol. The molecule has 0 aromatic heterocycles. The molecule has 0 fully saturated rings. The van der Waals surface area contributed by atoms with Crippen molar-refractivity contribution in [2.24, 2.45) is 0 Å². The van der Waals surface area contributed by atoms with Gasteiger partial charge in [-0.1, -0.05) is 70.9 Å². The highest BCUT2D eigenvalue weighted by atomic mass is 79.9. The van der Waals surface area contributed by atoms with E-state index in [9.17, 15) is 14.0 Å². The largest absolute Gasteiger partial charge is 0.457 e. The van der Waals surface area contributed by atoms with Crippen LogP contribution in [0.15, 0.2) is 82.5 Å². The Morgan fingerprint density at radius 3 is 2.49 bits per heavy atom. The van der Waals surface area contributed by atoms with Crippen LogP contribution in [0.4, 0.5) is 9.18 Å². The molecule has 9 heteroatoms. The van der Waals surface area contributed by atoms with Gasteiger partial charge in [0.1, 0.15) is 17.3 Å². The second-order valence-electron chi connectivity index (χ2n) is 9.97. The van der Waals surface area contributed by atoms with Crippen LogP contribution in [0, 0.1) is 5.82 Å². The van der Waals surface area contributed by atoms with Crippen LogP contribution in [0.2, 0.25) is 5.02 Å². The minimum absolute atomic E-state index is 0.0708. The van der Waals surface area contributed by atoms with Crippen molar-refractivity contribution < 1.29 is 18.7 Å². The average Bonchev–Trinajstić information content (AvgIpc) is 2.95. The van der Waals surface area contributed by atoms with Crippen molar-refractivity contribution >= 4 is 39.5 Å². The highest BCUT2D eigenvalue weighted by molar-refractivity contribution is 9.10.